The predicted molar refractivity (Wildman–Crippen MR) is 50.9 cm³/mol. The fourth-order valence-electron chi connectivity index (χ4n) is 1.15. The number of halogens is 1. The van der Waals surface area contributed by atoms with E-state index in [1.54, 1.807) is 0 Å². The average molecular weight is 195 g/mol. The van der Waals surface area contributed by atoms with Gasteiger partial charge in [-0.2, -0.15) is 0 Å². The van der Waals surface area contributed by atoms with E-state index < -0.39 is 5.82 Å². The number of hydrogen-bond acceptors (Lipinski definition) is 2. The van der Waals surface area contributed by atoms with Crippen molar-refractivity contribution in [3.63, 3.8) is 0 Å². The van der Waals surface area contributed by atoms with Gasteiger partial charge in [0.05, 0.1) is 5.69 Å². The van der Waals surface area contributed by atoms with Gasteiger partial charge in [0, 0.05) is 12.6 Å². The number of Topliss-reactive ketones (excluding diaryl/α,β-unsaturated/α-hetero) is 1. The van der Waals surface area contributed by atoms with Crippen molar-refractivity contribution in [2.75, 3.05) is 11.9 Å². The molecule has 74 valence electrons. The molecule has 14 heavy (non-hydrogen) atoms. The van der Waals surface area contributed by atoms with E-state index >= 15 is 0 Å². The Morgan fingerprint density at radius 2 is 2.14 bits per heavy atom. The van der Waals surface area contributed by atoms with Crippen LogP contribution in [0.25, 0.3) is 0 Å². The Labute approximate surface area is 81.1 Å². The van der Waals surface area contributed by atoms with Gasteiger partial charge in [0.25, 0.3) is 0 Å². The summed E-state index contributed by atoms with van der Waals surface area (Å²) >= 11 is 0. The molecule has 0 aromatic heterocycles. The first kappa shape index (κ1) is 10.4. The highest BCUT2D eigenvalue weighted by molar-refractivity contribution is 6.01. The lowest BCUT2D eigenvalue weighted by Gasteiger charge is -2.14. The molecule has 1 rings (SSSR count). The molecule has 0 unspecified atom stereocenters. The first-order chi connectivity index (χ1) is 6.56. The lowest BCUT2D eigenvalue weighted by Crippen LogP contribution is -2.17. The SMILES string of the molecule is CC(=O)c1cc(F)ccc1N(C)C=O. The first-order valence-electron chi connectivity index (χ1n) is 4.05. The Morgan fingerprint density at radius 3 is 2.64 bits per heavy atom. The second-order valence-electron chi connectivity index (χ2n) is 2.93. The molecule has 0 aliphatic carbocycles. The normalized spacial score (nSPS) is 9.64. The zero-order valence-corrected chi connectivity index (χ0v) is 7.95. The summed E-state index contributed by atoms with van der Waals surface area (Å²) in [5.41, 5.74) is 0.619. The molecule has 0 bridgehead atoms. The van der Waals surface area contributed by atoms with Crippen molar-refractivity contribution in [3.05, 3.63) is 29.6 Å². The number of hydrogen-bond donors (Lipinski definition) is 0. The Bertz CT molecular complexity index is 376. The van der Waals surface area contributed by atoms with E-state index in [9.17, 15) is 14.0 Å². The topological polar surface area (TPSA) is 37.4 Å². The Morgan fingerprint density at radius 1 is 1.50 bits per heavy atom. The van der Waals surface area contributed by atoms with Crippen LogP contribution in [0.5, 0.6) is 0 Å². The van der Waals surface area contributed by atoms with Gasteiger partial charge in [-0.05, 0) is 25.1 Å². The van der Waals surface area contributed by atoms with Crippen molar-refractivity contribution in [2.24, 2.45) is 0 Å². The summed E-state index contributed by atoms with van der Waals surface area (Å²) in [5.74, 6) is -0.758. The van der Waals surface area contributed by atoms with Crippen molar-refractivity contribution < 1.29 is 14.0 Å². The van der Waals surface area contributed by atoms with Crippen LogP contribution in [0.2, 0.25) is 0 Å². The van der Waals surface area contributed by atoms with E-state index in [1.807, 2.05) is 0 Å². The Hall–Kier alpha value is -1.71. The maximum Gasteiger partial charge on any atom is 0.213 e. The van der Waals surface area contributed by atoms with Gasteiger partial charge < -0.3 is 4.90 Å². The van der Waals surface area contributed by atoms with Gasteiger partial charge in [-0.25, -0.2) is 4.39 Å². The van der Waals surface area contributed by atoms with E-state index in [-0.39, 0.29) is 11.3 Å². The van der Waals surface area contributed by atoms with Gasteiger partial charge in [0.1, 0.15) is 5.82 Å². The molecule has 3 nitrogen and oxygen atoms in total. The summed E-state index contributed by atoms with van der Waals surface area (Å²) in [5, 5.41) is 0. The van der Waals surface area contributed by atoms with Crippen LogP contribution in [-0.2, 0) is 4.79 Å². The molecule has 0 aliphatic heterocycles. The third-order valence-electron chi connectivity index (χ3n) is 1.88. The minimum Gasteiger partial charge on any atom is -0.317 e. The van der Waals surface area contributed by atoms with Crippen molar-refractivity contribution in [3.8, 4) is 0 Å². The predicted octanol–water partition coefficient (Wildman–Crippen LogP) is 1.62. The second-order valence-corrected chi connectivity index (χ2v) is 2.93. The van der Waals surface area contributed by atoms with Gasteiger partial charge in [0.15, 0.2) is 5.78 Å². The quantitative estimate of drug-likeness (QED) is 0.543. The van der Waals surface area contributed by atoms with Gasteiger partial charge >= 0.3 is 0 Å². The molecule has 4 heteroatoms. The first-order valence-corrected chi connectivity index (χ1v) is 4.05. The lowest BCUT2D eigenvalue weighted by molar-refractivity contribution is -0.107. The van der Waals surface area contributed by atoms with Crippen LogP contribution in [0.15, 0.2) is 18.2 Å². The van der Waals surface area contributed by atoms with E-state index in [4.69, 9.17) is 0 Å². The Balaban J connectivity index is 3.28. The highest BCUT2D eigenvalue weighted by Gasteiger charge is 2.11. The van der Waals surface area contributed by atoms with E-state index in [0.29, 0.717) is 12.1 Å². The number of carbonyl (C=O) groups excluding carboxylic acids is 2. The summed E-state index contributed by atoms with van der Waals surface area (Å²) in [6, 6.07) is 3.74. The molecular formula is C10H10FNO2. The van der Waals surface area contributed by atoms with Crippen molar-refractivity contribution in [1.29, 1.82) is 0 Å². The number of nitrogens with zero attached hydrogens (tertiary/aromatic N) is 1. The van der Waals surface area contributed by atoms with Crippen LogP contribution in [0.3, 0.4) is 0 Å². The monoisotopic (exact) mass is 195 g/mol. The van der Waals surface area contributed by atoms with E-state index in [1.165, 1.54) is 31.0 Å². The fourth-order valence-corrected chi connectivity index (χ4v) is 1.15. The van der Waals surface area contributed by atoms with Crippen LogP contribution < -0.4 is 4.90 Å². The Kier molecular flexibility index (Phi) is 2.96. The number of carbonyl (C=O) groups is 2. The maximum absolute atomic E-state index is 12.8. The molecule has 1 aromatic rings. The standard InChI is InChI=1S/C10H10FNO2/c1-7(14)9-5-8(11)3-4-10(9)12(2)6-13/h3-6H,1-2H3. The van der Waals surface area contributed by atoms with Crippen LogP contribution in [0.4, 0.5) is 10.1 Å². The minimum absolute atomic E-state index is 0.208. The highest BCUT2D eigenvalue weighted by Crippen LogP contribution is 2.20. The van der Waals surface area contributed by atoms with Crippen LogP contribution >= 0.6 is 0 Å². The zero-order chi connectivity index (χ0) is 10.7. The smallest absolute Gasteiger partial charge is 0.213 e. The third-order valence-corrected chi connectivity index (χ3v) is 1.88. The van der Waals surface area contributed by atoms with Gasteiger partial charge in [-0.3, -0.25) is 9.59 Å². The van der Waals surface area contributed by atoms with Gasteiger partial charge in [-0.1, -0.05) is 0 Å². The van der Waals surface area contributed by atoms with Crippen molar-refractivity contribution in [2.45, 2.75) is 6.92 Å². The van der Waals surface area contributed by atoms with Gasteiger partial charge in [-0.15, -0.1) is 0 Å². The molecule has 0 saturated carbocycles. The summed E-state index contributed by atoms with van der Waals surface area (Å²) in [6.45, 7) is 1.33. The summed E-state index contributed by atoms with van der Waals surface area (Å²) in [4.78, 5) is 22.8. The fraction of sp³-hybridized carbons (Fsp3) is 0.200. The number of benzene rings is 1. The number of amides is 1. The summed E-state index contributed by atoms with van der Waals surface area (Å²) in [6.07, 6.45) is 0.569. The van der Waals surface area contributed by atoms with Crippen LogP contribution in [0.1, 0.15) is 17.3 Å². The van der Waals surface area contributed by atoms with Crippen molar-refractivity contribution >= 4 is 17.9 Å². The molecule has 0 radical (unpaired) electrons. The van der Waals surface area contributed by atoms with Crippen molar-refractivity contribution in [1.82, 2.24) is 0 Å². The maximum atomic E-state index is 12.8. The lowest BCUT2D eigenvalue weighted by atomic mass is 10.1. The molecule has 1 aromatic carbocycles. The third kappa shape index (κ3) is 1.96. The van der Waals surface area contributed by atoms with Gasteiger partial charge in [0.2, 0.25) is 6.41 Å². The number of anilines is 1. The molecule has 0 heterocycles. The molecule has 0 aliphatic rings. The molecule has 1 amide bonds. The molecule has 0 atom stereocenters. The molecule has 0 spiro atoms. The molecule has 0 fully saturated rings. The zero-order valence-electron chi connectivity index (χ0n) is 7.95. The van der Waals surface area contributed by atoms with E-state index in [0.717, 1.165) is 6.07 Å². The molecular weight excluding hydrogens is 185 g/mol. The number of rotatable bonds is 3. The number of ketones is 1. The molecule has 0 N–H and O–H groups in total. The summed E-state index contributed by atoms with van der Waals surface area (Å²) < 4.78 is 12.8. The second kappa shape index (κ2) is 4.00. The van der Waals surface area contributed by atoms with Crippen LogP contribution in [0, 0.1) is 5.82 Å². The van der Waals surface area contributed by atoms with Crippen LogP contribution in [-0.4, -0.2) is 19.2 Å². The average Bonchev–Trinajstić information content (AvgIpc) is 2.16. The largest absolute Gasteiger partial charge is 0.317 e. The van der Waals surface area contributed by atoms with E-state index in [2.05, 4.69) is 0 Å². The molecule has 0 saturated heterocycles. The minimum atomic E-state index is -0.488. The highest BCUT2D eigenvalue weighted by atomic mass is 19.1. The summed E-state index contributed by atoms with van der Waals surface area (Å²) in [7, 11) is 1.51.